The van der Waals surface area contributed by atoms with Gasteiger partial charge in [-0.15, -0.1) is 0 Å². The number of amides is 1. The van der Waals surface area contributed by atoms with Crippen molar-refractivity contribution in [3.63, 3.8) is 0 Å². The number of rotatable bonds is 8. The number of hydrogen-bond acceptors (Lipinski definition) is 4. The van der Waals surface area contributed by atoms with Crippen molar-refractivity contribution < 1.29 is 4.79 Å². The van der Waals surface area contributed by atoms with Crippen molar-refractivity contribution >= 4 is 11.6 Å². The van der Waals surface area contributed by atoms with E-state index in [-0.39, 0.29) is 18.0 Å². The number of nitrogens with one attached hydrogen (secondary N) is 1. The van der Waals surface area contributed by atoms with Gasteiger partial charge in [0.25, 0.3) is 0 Å². The number of pyridine rings is 1. The minimum Gasteiger partial charge on any atom is -0.348 e. The molecule has 1 aliphatic rings. The molecule has 164 valence electrons. The number of fused-ring (bicyclic) bond motifs is 1. The van der Waals surface area contributed by atoms with Gasteiger partial charge in [-0.1, -0.05) is 49.7 Å². The first-order valence-electron chi connectivity index (χ1n) is 11.4. The third-order valence-electron chi connectivity index (χ3n) is 6.23. The van der Waals surface area contributed by atoms with E-state index < -0.39 is 0 Å². The third-order valence-corrected chi connectivity index (χ3v) is 6.23. The van der Waals surface area contributed by atoms with Crippen molar-refractivity contribution in [3.05, 3.63) is 72.2 Å². The lowest BCUT2D eigenvalue weighted by atomic mass is 10.0. The van der Waals surface area contributed by atoms with Crippen LogP contribution in [0.1, 0.15) is 44.0 Å². The van der Waals surface area contributed by atoms with Gasteiger partial charge in [-0.2, -0.15) is 0 Å². The summed E-state index contributed by atoms with van der Waals surface area (Å²) in [4.78, 5) is 22.4. The third kappa shape index (κ3) is 5.32. The molecule has 0 radical (unpaired) electrons. The Morgan fingerprint density at radius 2 is 1.81 bits per heavy atom. The lowest BCUT2D eigenvalue weighted by Crippen LogP contribution is -2.54. The van der Waals surface area contributed by atoms with E-state index in [4.69, 9.17) is 4.98 Å². The molecule has 1 fully saturated rings. The Kier molecular flexibility index (Phi) is 6.99. The average molecular weight is 420 g/mol. The Morgan fingerprint density at radius 1 is 1.06 bits per heavy atom. The number of benzene rings is 1. The minimum absolute atomic E-state index is 0.0810. The van der Waals surface area contributed by atoms with Crippen LogP contribution in [0.15, 0.2) is 60.9 Å². The van der Waals surface area contributed by atoms with Gasteiger partial charge in [0.2, 0.25) is 5.91 Å². The number of nitrogens with zero attached hydrogens (tertiary/aromatic N) is 4. The zero-order valence-corrected chi connectivity index (χ0v) is 18.6. The molecule has 6 heteroatoms. The normalized spacial score (nSPS) is 17.5. The summed E-state index contributed by atoms with van der Waals surface area (Å²) in [5.74, 6) is 0.121. The standard InChI is InChI=1S/C25H33N5O/c1-3-9-23(21-10-5-4-6-11-21)27-25(31)20(2)29-16-14-28(15-17-29)18-22-19-30-13-8-7-12-24(30)26-22/h4-8,10-13,19-20,23H,3,9,14-18H2,1-2H3,(H,27,31). The van der Waals surface area contributed by atoms with Crippen molar-refractivity contribution in [2.45, 2.75) is 45.3 Å². The van der Waals surface area contributed by atoms with Gasteiger partial charge in [-0.05, 0) is 31.0 Å². The van der Waals surface area contributed by atoms with E-state index in [9.17, 15) is 4.79 Å². The molecule has 0 bridgehead atoms. The molecule has 31 heavy (non-hydrogen) atoms. The van der Waals surface area contributed by atoms with Crippen LogP contribution in [-0.2, 0) is 11.3 Å². The van der Waals surface area contributed by atoms with Crippen molar-refractivity contribution in [2.24, 2.45) is 0 Å². The van der Waals surface area contributed by atoms with Gasteiger partial charge in [-0.3, -0.25) is 14.6 Å². The highest BCUT2D eigenvalue weighted by Crippen LogP contribution is 2.19. The molecule has 6 nitrogen and oxygen atoms in total. The fourth-order valence-electron chi connectivity index (χ4n) is 4.36. The molecule has 3 aromatic rings. The van der Waals surface area contributed by atoms with Crippen molar-refractivity contribution in [1.82, 2.24) is 24.5 Å². The maximum atomic E-state index is 13.0. The molecule has 2 unspecified atom stereocenters. The molecule has 1 saturated heterocycles. The zero-order valence-electron chi connectivity index (χ0n) is 18.6. The second-order valence-corrected chi connectivity index (χ2v) is 8.45. The van der Waals surface area contributed by atoms with E-state index in [0.717, 1.165) is 56.9 Å². The number of hydrogen-bond donors (Lipinski definition) is 1. The first-order chi connectivity index (χ1) is 15.1. The van der Waals surface area contributed by atoms with E-state index in [1.54, 1.807) is 0 Å². The first-order valence-corrected chi connectivity index (χ1v) is 11.4. The minimum atomic E-state index is -0.125. The molecule has 4 rings (SSSR count). The van der Waals surface area contributed by atoms with Crippen molar-refractivity contribution in [2.75, 3.05) is 26.2 Å². The van der Waals surface area contributed by atoms with Crippen LogP contribution in [0.5, 0.6) is 0 Å². The van der Waals surface area contributed by atoms with Gasteiger partial charge < -0.3 is 9.72 Å². The van der Waals surface area contributed by atoms with Crippen LogP contribution in [0.2, 0.25) is 0 Å². The number of piperazine rings is 1. The first kappa shape index (κ1) is 21.5. The molecule has 1 N–H and O–H groups in total. The molecule has 2 aromatic heterocycles. The van der Waals surface area contributed by atoms with Crippen LogP contribution in [0, 0.1) is 0 Å². The summed E-state index contributed by atoms with van der Waals surface area (Å²) in [7, 11) is 0. The Hall–Kier alpha value is -2.70. The van der Waals surface area contributed by atoms with Crippen LogP contribution in [-0.4, -0.2) is 57.3 Å². The fourth-order valence-corrected chi connectivity index (χ4v) is 4.36. The monoisotopic (exact) mass is 419 g/mol. The Morgan fingerprint density at radius 3 is 2.52 bits per heavy atom. The second-order valence-electron chi connectivity index (χ2n) is 8.45. The molecule has 1 aromatic carbocycles. The molecule has 0 spiro atoms. The van der Waals surface area contributed by atoms with Crippen LogP contribution in [0.25, 0.3) is 5.65 Å². The molecule has 0 saturated carbocycles. The smallest absolute Gasteiger partial charge is 0.237 e. The van der Waals surface area contributed by atoms with E-state index >= 15 is 0 Å². The Labute approximate surface area is 184 Å². The topological polar surface area (TPSA) is 52.9 Å². The zero-order chi connectivity index (χ0) is 21.6. The molecule has 2 atom stereocenters. The predicted octanol–water partition coefficient (Wildman–Crippen LogP) is 3.50. The van der Waals surface area contributed by atoms with Crippen molar-refractivity contribution in [3.8, 4) is 0 Å². The number of carbonyl (C=O) groups is 1. The second kappa shape index (κ2) is 10.1. The van der Waals surface area contributed by atoms with Crippen LogP contribution in [0.3, 0.4) is 0 Å². The highest BCUT2D eigenvalue weighted by Gasteiger charge is 2.27. The molecule has 0 aliphatic carbocycles. The molecular formula is C25H33N5O. The Balaban J connectivity index is 1.29. The van der Waals surface area contributed by atoms with E-state index in [1.165, 1.54) is 5.56 Å². The summed E-state index contributed by atoms with van der Waals surface area (Å²) < 4.78 is 2.07. The molecule has 3 heterocycles. The van der Waals surface area contributed by atoms with Crippen LogP contribution in [0.4, 0.5) is 0 Å². The van der Waals surface area contributed by atoms with Crippen LogP contribution < -0.4 is 5.32 Å². The SMILES string of the molecule is CCCC(NC(=O)C(C)N1CCN(Cc2cn3ccccc3n2)CC1)c1ccccc1. The van der Waals surface area contributed by atoms with Gasteiger partial charge in [-0.25, -0.2) is 4.98 Å². The highest BCUT2D eigenvalue weighted by molar-refractivity contribution is 5.81. The summed E-state index contributed by atoms with van der Waals surface area (Å²) in [6.07, 6.45) is 6.13. The predicted molar refractivity (Wildman–Crippen MR) is 124 cm³/mol. The lowest BCUT2D eigenvalue weighted by Gasteiger charge is -2.37. The van der Waals surface area contributed by atoms with Gasteiger partial charge in [0.1, 0.15) is 5.65 Å². The van der Waals surface area contributed by atoms with E-state index in [1.807, 2.05) is 49.5 Å². The Bertz CT molecular complexity index is 945. The average Bonchev–Trinajstić information content (AvgIpc) is 3.21. The van der Waals surface area contributed by atoms with Gasteiger partial charge in [0.05, 0.1) is 17.8 Å². The van der Waals surface area contributed by atoms with Crippen LogP contribution >= 0.6 is 0 Å². The summed E-state index contributed by atoms with van der Waals surface area (Å²) in [6, 6.07) is 16.3. The number of carbonyl (C=O) groups excluding carboxylic acids is 1. The van der Waals surface area contributed by atoms with E-state index in [2.05, 4.69) is 44.8 Å². The summed E-state index contributed by atoms with van der Waals surface area (Å²) in [6.45, 7) is 8.72. The maximum Gasteiger partial charge on any atom is 0.237 e. The maximum absolute atomic E-state index is 13.0. The quantitative estimate of drug-likeness (QED) is 0.607. The van der Waals surface area contributed by atoms with Gasteiger partial charge >= 0.3 is 0 Å². The van der Waals surface area contributed by atoms with Crippen molar-refractivity contribution in [1.29, 1.82) is 0 Å². The number of imidazole rings is 1. The summed E-state index contributed by atoms with van der Waals surface area (Å²) in [5.41, 5.74) is 3.26. The highest BCUT2D eigenvalue weighted by atomic mass is 16.2. The fraction of sp³-hybridized carbons (Fsp3) is 0.440. The lowest BCUT2D eigenvalue weighted by molar-refractivity contribution is -0.127. The van der Waals surface area contributed by atoms with Gasteiger partial charge in [0, 0.05) is 45.1 Å². The van der Waals surface area contributed by atoms with Gasteiger partial charge in [0.15, 0.2) is 0 Å². The largest absolute Gasteiger partial charge is 0.348 e. The van der Waals surface area contributed by atoms with E-state index in [0.29, 0.717) is 0 Å². The molecule has 1 aliphatic heterocycles. The number of aromatic nitrogens is 2. The summed E-state index contributed by atoms with van der Waals surface area (Å²) in [5, 5.41) is 3.29. The molecule has 1 amide bonds. The molecular weight excluding hydrogens is 386 g/mol. The summed E-state index contributed by atoms with van der Waals surface area (Å²) >= 11 is 0.